The van der Waals surface area contributed by atoms with E-state index in [1.54, 1.807) is 16.7 Å². The Labute approximate surface area is 195 Å². The molecule has 0 spiro atoms. The molecule has 1 N–H and O–H groups in total. The first-order valence-corrected chi connectivity index (χ1v) is 12.2. The molecular weight excluding hydrogens is 428 g/mol. The fourth-order valence-electron chi connectivity index (χ4n) is 3.18. The van der Waals surface area contributed by atoms with E-state index in [-0.39, 0.29) is 17.9 Å². The molecule has 2 rings (SSSR count). The van der Waals surface area contributed by atoms with Crippen molar-refractivity contribution in [3.05, 3.63) is 64.7 Å². The Morgan fingerprint density at radius 1 is 1.03 bits per heavy atom. The summed E-state index contributed by atoms with van der Waals surface area (Å²) in [5.74, 6) is 0.564. The molecule has 0 unspecified atom stereocenters. The summed E-state index contributed by atoms with van der Waals surface area (Å²) in [6.07, 6.45) is 1.78. The molecule has 0 aromatic heterocycles. The van der Waals surface area contributed by atoms with Crippen molar-refractivity contribution in [1.82, 2.24) is 10.2 Å². The maximum Gasteiger partial charge on any atom is 0.243 e. The number of nitrogens with zero attached hydrogens (tertiary/aromatic N) is 1. The highest BCUT2D eigenvalue weighted by atomic mass is 35.5. The van der Waals surface area contributed by atoms with Crippen LogP contribution in [0, 0.1) is 6.92 Å². The van der Waals surface area contributed by atoms with E-state index >= 15 is 0 Å². The third-order valence-corrected chi connectivity index (χ3v) is 6.52. The molecular formula is C25H33ClN2O2S. The van der Waals surface area contributed by atoms with Gasteiger partial charge in [0.1, 0.15) is 6.04 Å². The molecule has 0 radical (unpaired) electrons. The smallest absolute Gasteiger partial charge is 0.243 e. The van der Waals surface area contributed by atoms with E-state index in [0.29, 0.717) is 30.2 Å². The van der Waals surface area contributed by atoms with Crippen LogP contribution < -0.4 is 5.32 Å². The molecule has 31 heavy (non-hydrogen) atoms. The van der Waals surface area contributed by atoms with Crippen LogP contribution in [0.25, 0.3) is 0 Å². The molecule has 2 amide bonds. The lowest BCUT2D eigenvalue weighted by Crippen LogP contribution is -2.50. The van der Waals surface area contributed by atoms with Crippen molar-refractivity contribution in [3.8, 4) is 0 Å². The Balaban J connectivity index is 2.12. The zero-order chi connectivity index (χ0) is 22.8. The lowest BCUT2D eigenvalue weighted by molar-refractivity contribution is -0.141. The molecule has 2 aromatic carbocycles. The highest BCUT2D eigenvalue weighted by Gasteiger charge is 2.28. The monoisotopic (exact) mass is 460 g/mol. The number of carbonyl (C=O) groups is 2. The largest absolute Gasteiger partial charge is 0.352 e. The Morgan fingerprint density at radius 3 is 2.26 bits per heavy atom. The van der Waals surface area contributed by atoms with E-state index in [9.17, 15) is 9.59 Å². The number of rotatable bonds is 11. The fraction of sp³-hybridized carbons (Fsp3) is 0.440. The summed E-state index contributed by atoms with van der Waals surface area (Å²) in [5.41, 5.74) is 2.17. The van der Waals surface area contributed by atoms with E-state index in [2.05, 4.69) is 36.5 Å². The number of carbonyl (C=O) groups excluding carboxylic acids is 2. The van der Waals surface area contributed by atoms with Gasteiger partial charge in [0.2, 0.25) is 11.8 Å². The first-order chi connectivity index (χ1) is 14.8. The van der Waals surface area contributed by atoms with Gasteiger partial charge >= 0.3 is 0 Å². The number of nitrogens with one attached hydrogen (secondary N) is 1. The predicted molar refractivity (Wildman–Crippen MR) is 130 cm³/mol. The van der Waals surface area contributed by atoms with Gasteiger partial charge < -0.3 is 10.2 Å². The second kappa shape index (κ2) is 12.8. The van der Waals surface area contributed by atoms with E-state index in [4.69, 9.17) is 11.6 Å². The molecule has 0 heterocycles. The molecule has 168 valence electrons. The van der Waals surface area contributed by atoms with Crippen LogP contribution in [0.4, 0.5) is 0 Å². The second-order valence-electron chi connectivity index (χ2n) is 7.80. The number of benzene rings is 2. The number of hydrogen-bond donors (Lipinski definition) is 1. The number of amides is 2. The van der Waals surface area contributed by atoms with Gasteiger partial charge in [0.25, 0.3) is 0 Å². The molecule has 2 aromatic rings. The van der Waals surface area contributed by atoms with Crippen molar-refractivity contribution in [2.24, 2.45) is 0 Å². The van der Waals surface area contributed by atoms with Crippen LogP contribution in [-0.2, 0) is 16.1 Å². The summed E-state index contributed by atoms with van der Waals surface area (Å²) in [5, 5.41) is 3.69. The van der Waals surface area contributed by atoms with Gasteiger partial charge in [-0.3, -0.25) is 9.59 Å². The van der Waals surface area contributed by atoms with Gasteiger partial charge in [-0.15, -0.1) is 11.8 Å². The van der Waals surface area contributed by atoms with E-state index in [0.717, 1.165) is 16.9 Å². The molecule has 0 aliphatic heterocycles. The predicted octanol–water partition coefficient (Wildman–Crippen LogP) is 5.85. The molecule has 4 nitrogen and oxygen atoms in total. The summed E-state index contributed by atoms with van der Waals surface area (Å²) in [4.78, 5) is 29.0. The van der Waals surface area contributed by atoms with Crippen molar-refractivity contribution in [3.63, 3.8) is 0 Å². The maximum atomic E-state index is 13.2. The third kappa shape index (κ3) is 8.23. The summed E-state index contributed by atoms with van der Waals surface area (Å²) < 4.78 is 0. The van der Waals surface area contributed by atoms with Gasteiger partial charge in [-0.25, -0.2) is 0 Å². The quantitative estimate of drug-likeness (QED) is 0.427. The standard InChI is InChI=1S/C25H33ClN2O2S/c1-5-19(4)27-25(30)23(6-2)28(17-20-9-11-21(26)12-10-20)24(29)15-16-31-22-13-7-18(3)8-14-22/h7-14,19,23H,5-6,15-17H2,1-4H3,(H,27,30)/t19-,23+/m1/s1. The van der Waals surface area contributed by atoms with Crippen molar-refractivity contribution in [1.29, 1.82) is 0 Å². The van der Waals surface area contributed by atoms with Crippen LogP contribution in [0.2, 0.25) is 5.02 Å². The van der Waals surface area contributed by atoms with Crippen molar-refractivity contribution in [2.45, 2.75) is 70.5 Å². The molecule has 0 bridgehead atoms. The minimum atomic E-state index is -0.499. The van der Waals surface area contributed by atoms with Gasteiger partial charge in [0.05, 0.1) is 0 Å². The van der Waals surface area contributed by atoms with E-state index in [1.165, 1.54) is 5.56 Å². The van der Waals surface area contributed by atoms with Crippen LogP contribution in [0.3, 0.4) is 0 Å². The topological polar surface area (TPSA) is 49.4 Å². The zero-order valence-corrected chi connectivity index (χ0v) is 20.4. The lowest BCUT2D eigenvalue weighted by Gasteiger charge is -2.31. The Kier molecular flexibility index (Phi) is 10.4. The van der Waals surface area contributed by atoms with Gasteiger partial charge in [-0.1, -0.05) is 55.3 Å². The summed E-state index contributed by atoms with van der Waals surface area (Å²) in [7, 11) is 0. The number of aryl methyl sites for hydroxylation is 1. The summed E-state index contributed by atoms with van der Waals surface area (Å²) in [6, 6.07) is 15.3. The van der Waals surface area contributed by atoms with Crippen LogP contribution in [0.15, 0.2) is 53.4 Å². The van der Waals surface area contributed by atoms with Gasteiger partial charge in [0, 0.05) is 34.7 Å². The molecule has 0 aliphatic carbocycles. The maximum absolute atomic E-state index is 13.2. The summed E-state index contributed by atoms with van der Waals surface area (Å²) >= 11 is 7.67. The Morgan fingerprint density at radius 2 is 1.68 bits per heavy atom. The molecule has 2 atom stereocenters. The van der Waals surface area contributed by atoms with Gasteiger partial charge in [-0.2, -0.15) is 0 Å². The second-order valence-corrected chi connectivity index (χ2v) is 9.41. The normalized spacial score (nSPS) is 12.8. The Hall–Kier alpha value is -1.98. The van der Waals surface area contributed by atoms with E-state index in [1.807, 2.05) is 45.0 Å². The van der Waals surface area contributed by atoms with Crippen molar-refractivity contribution >= 4 is 35.2 Å². The average molecular weight is 461 g/mol. The lowest BCUT2D eigenvalue weighted by atomic mass is 10.1. The third-order valence-electron chi connectivity index (χ3n) is 5.26. The number of thioether (sulfide) groups is 1. The van der Waals surface area contributed by atoms with Crippen LogP contribution >= 0.6 is 23.4 Å². The highest BCUT2D eigenvalue weighted by Crippen LogP contribution is 2.21. The van der Waals surface area contributed by atoms with Crippen LogP contribution in [0.1, 0.15) is 51.2 Å². The molecule has 0 fully saturated rings. The molecule has 6 heteroatoms. The number of hydrogen-bond acceptors (Lipinski definition) is 3. The molecule has 0 saturated carbocycles. The minimum Gasteiger partial charge on any atom is -0.352 e. The van der Waals surface area contributed by atoms with Crippen molar-refractivity contribution < 1.29 is 9.59 Å². The molecule has 0 aliphatic rings. The zero-order valence-electron chi connectivity index (χ0n) is 18.9. The van der Waals surface area contributed by atoms with Crippen molar-refractivity contribution in [2.75, 3.05) is 5.75 Å². The minimum absolute atomic E-state index is 0.0132. The SMILES string of the molecule is CC[C@@H](C)NC(=O)[C@H](CC)N(Cc1ccc(Cl)cc1)C(=O)CCSc1ccc(C)cc1. The van der Waals surface area contributed by atoms with Gasteiger partial charge in [0.15, 0.2) is 0 Å². The molecule has 0 saturated heterocycles. The van der Waals surface area contributed by atoms with Crippen LogP contribution in [0.5, 0.6) is 0 Å². The highest BCUT2D eigenvalue weighted by molar-refractivity contribution is 7.99. The van der Waals surface area contributed by atoms with Crippen LogP contribution in [-0.4, -0.2) is 34.6 Å². The summed E-state index contributed by atoms with van der Waals surface area (Å²) in [6.45, 7) is 8.41. The average Bonchev–Trinajstić information content (AvgIpc) is 2.76. The first-order valence-electron chi connectivity index (χ1n) is 10.9. The Bertz CT molecular complexity index is 840. The fourth-order valence-corrected chi connectivity index (χ4v) is 4.15. The van der Waals surface area contributed by atoms with E-state index < -0.39 is 6.04 Å². The van der Waals surface area contributed by atoms with Gasteiger partial charge in [-0.05, 0) is 56.5 Å². The first kappa shape index (κ1) is 25.3. The number of halogens is 1.